The number of furan rings is 1. The van der Waals surface area contributed by atoms with E-state index in [4.69, 9.17) is 13.9 Å². The number of rotatable bonds is 9. The fourth-order valence-electron chi connectivity index (χ4n) is 1.28. The predicted octanol–water partition coefficient (Wildman–Crippen LogP) is 0.819. The monoisotopic (exact) mass is 257 g/mol. The summed E-state index contributed by atoms with van der Waals surface area (Å²) in [7, 11) is 2.96. The molecule has 0 fully saturated rings. The van der Waals surface area contributed by atoms with Gasteiger partial charge in [0.25, 0.3) is 0 Å². The molecule has 6 heteroatoms. The van der Waals surface area contributed by atoms with E-state index in [1.165, 1.54) is 7.11 Å². The van der Waals surface area contributed by atoms with Crippen molar-refractivity contribution in [2.24, 2.45) is 0 Å². The van der Waals surface area contributed by atoms with Gasteiger partial charge in [-0.2, -0.15) is 0 Å². The van der Waals surface area contributed by atoms with Gasteiger partial charge in [0.15, 0.2) is 0 Å². The van der Waals surface area contributed by atoms with Crippen molar-refractivity contribution in [3.63, 3.8) is 0 Å². The second kappa shape index (κ2) is 8.68. The van der Waals surface area contributed by atoms with Crippen molar-refractivity contribution in [2.45, 2.75) is 6.54 Å². The van der Waals surface area contributed by atoms with Gasteiger partial charge in [-0.15, -0.1) is 0 Å². The van der Waals surface area contributed by atoms with Gasteiger partial charge in [0.05, 0.1) is 33.5 Å². The third-order valence-electron chi connectivity index (χ3n) is 2.20. The Bertz CT molecular complexity index is 350. The van der Waals surface area contributed by atoms with E-state index in [1.807, 2.05) is 0 Å². The molecular weight excluding hydrogens is 238 g/mol. The minimum Gasteiger partial charge on any atom is -0.463 e. The first kappa shape index (κ1) is 14.7. The van der Waals surface area contributed by atoms with Gasteiger partial charge in [0.1, 0.15) is 5.76 Å². The molecule has 0 bridgehead atoms. The summed E-state index contributed by atoms with van der Waals surface area (Å²) in [4.78, 5) is 11.1. The lowest BCUT2D eigenvalue weighted by molar-refractivity contribution is 0.0562. The minimum absolute atomic E-state index is 0.214. The summed E-state index contributed by atoms with van der Waals surface area (Å²) in [5.41, 5.74) is 0. The molecule has 0 aromatic carbocycles. The van der Waals surface area contributed by atoms with Crippen LogP contribution >= 0.6 is 0 Å². The Hall–Kier alpha value is -1.37. The molecule has 0 amide bonds. The first-order chi connectivity index (χ1) is 8.77. The molecule has 0 saturated heterocycles. The van der Waals surface area contributed by atoms with Gasteiger partial charge < -0.3 is 23.9 Å². The van der Waals surface area contributed by atoms with Crippen LogP contribution in [0, 0.1) is 0 Å². The van der Waals surface area contributed by atoms with E-state index < -0.39 is 5.97 Å². The van der Waals surface area contributed by atoms with Crippen molar-refractivity contribution >= 4 is 5.97 Å². The highest BCUT2D eigenvalue weighted by Gasteiger charge is 2.10. The van der Waals surface area contributed by atoms with Crippen LogP contribution in [0.1, 0.15) is 16.3 Å². The number of ether oxygens (including phenoxy) is 3. The second-order valence-corrected chi connectivity index (χ2v) is 3.54. The van der Waals surface area contributed by atoms with Gasteiger partial charge in [0.2, 0.25) is 5.76 Å². The fraction of sp³-hybridized carbons (Fsp3) is 0.583. The molecule has 0 saturated carbocycles. The molecule has 1 aromatic rings. The van der Waals surface area contributed by atoms with Gasteiger partial charge >= 0.3 is 5.97 Å². The molecule has 0 aliphatic heterocycles. The van der Waals surface area contributed by atoms with Crippen LogP contribution in [-0.2, 0) is 20.8 Å². The molecule has 102 valence electrons. The van der Waals surface area contributed by atoms with Crippen molar-refractivity contribution in [2.75, 3.05) is 40.6 Å². The summed E-state index contributed by atoms with van der Waals surface area (Å²) in [6.07, 6.45) is 0. The fourth-order valence-corrected chi connectivity index (χ4v) is 1.28. The third-order valence-corrected chi connectivity index (χ3v) is 2.20. The molecule has 0 spiro atoms. The molecule has 1 rings (SSSR count). The largest absolute Gasteiger partial charge is 0.463 e. The van der Waals surface area contributed by atoms with E-state index in [-0.39, 0.29) is 5.76 Å². The standard InChI is InChI=1S/C12H19NO5/c1-15-7-8-17-6-5-13-9-10-3-4-11(18-10)12(14)16-2/h3-4,13H,5-9H2,1-2H3. The van der Waals surface area contributed by atoms with Crippen LogP contribution in [0.25, 0.3) is 0 Å². The second-order valence-electron chi connectivity index (χ2n) is 3.54. The molecule has 0 radical (unpaired) electrons. The van der Waals surface area contributed by atoms with E-state index in [1.54, 1.807) is 19.2 Å². The Labute approximate surface area is 106 Å². The van der Waals surface area contributed by atoms with E-state index in [0.29, 0.717) is 38.7 Å². The van der Waals surface area contributed by atoms with Gasteiger partial charge in [-0.05, 0) is 12.1 Å². The molecule has 0 aliphatic rings. The molecule has 1 aromatic heterocycles. The number of carbonyl (C=O) groups excluding carboxylic acids is 1. The summed E-state index contributed by atoms with van der Waals surface area (Å²) in [5.74, 6) is 0.432. The number of methoxy groups -OCH3 is 2. The average molecular weight is 257 g/mol. The van der Waals surface area contributed by atoms with Gasteiger partial charge in [0, 0.05) is 13.7 Å². The molecule has 6 nitrogen and oxygen atoms in total. The first-order valence-electron chi connectivity index (χ1n) is 5.72. The Morgan fingerprint density at radius 2 is 2.11 bits per heavy atom. The maximum absolute atomic E-state index is 11.1. The van der Waals surface area contributed by atoms with E-state index in [2.05, 4.69) is 10.1 Å². The summed E-state index contributed by atoms with van der Waals surface area (Å²) in [6, 6.07) is 3.34. The number of esters is 1. The van der Waals surface area contributed by atoms with E-state index in [9.17, 15) is 4.79 Å². The van der Waals surface area contributed by atoms with Crippen molar-refractivity contribution in [1.29, 1.82) is 0 Å². The number of nitrogens with one attached hydrogen (secondary N) is 1. The highest BCUT2D eigenvalue weighted by atomic mass is 16.5. The molecule has 1 N–H and O–H groups in total. The lowest BCUT2D eigenvalue weighted by Gasteiger charge is -2.04. The topological polar surface area (TPSA) is 69.9 Å². The Kier molecular flexibility index (Phi) is 7.09. The van der Waals surface area contributed by atoms with Crippen molar-refractivity contribution in [3.05, 3.63) is 23.7 Å². The SMILES string of the molecule is COCCOCCNCc1ccc(C(=O)OC)o1. The van der Waals surface area contributed by atoms with Crippen molar-refractivity contribution < 1.29 is 23.4 Å². The summed E-state index contributed by atoms with van der Waals surface area (Å²) in [6.45, 7) is 3.04. The Morgan fingerprint density at radius 3 is 2.83 bits per heavy atom. The molecule has 0 atom stereocenters. The Morgan fingerprint density at radius 1 is 1.28 bits per heavy atom. The van der Waals surface area contributed by atoms with Crippen LogP contribution in [0.15, 0.2) is 16.5 Å². The molecule has 1 heterocycles. The zero-order valence-electron chi connectivity index (χ0n) is 10.7. The molecule has 0 aliphatic carbocycles. The van der Waals surface area contributed by atoms with Gasteiger partial charge in [-0.3, -0.25) is 0 Å². The van der Waals surface area contributed by atoms with Gasteiger partial charge in [-0.1, -0.05) is 0 Å². The van der Waals surface area contributed by atoms with Crippen LogP contribution in [-0.4, -0.2) is 46.6 Å². The number of carbonyl (C=O) groups is 1. The maximum Gasteiger partial charge on any atom is 0.373 e. The molecule has 18 heavy (non-hydrogen) atoms. The highest BCUT2D eigenvalue weighted by molar-refractivity contribution is 5.86. The summed E-state index contributed by atoms with van der Waals surface area (Å²) >= 11 is 0. The third kappa shape index (κ3) is 5.31. The molecule has 0 unspecified atom stereocenters. The number of hydrogen-bond acceptors (Lipinski definition) is 6. The first-order valence-corrected chi connectivity index (χ1v) is 5.72. The molecular formula is C12H19NO5. The zero-order valence-corrected chi connectivity index (χ0v) is 10.7. The average Bonchev–Trinajstić information content (AvgIpc) is 2.85. The van der Waals surface area contributed by atoms with Crippen molar-refractivity contribution in [1.82, 2.24) is 5.32 Å². The highest BCUT2D eigenvalue weighted by Crippen LogP contribution is 2.08. The van der Waals surface area contributed by atoms with Gasteiger partial charge in [-0.25, -0.2) is 4.79 Å². The van der Waals surface area contributed by atoms with E-state index in [0.717, 1.165) is 0 Å². The zero-order chi connectivity index (χ0) is 13.2. The Balaban J connectivity index is 2.12. The van der Waals surface area contributed by atoms with Crippen LogP contribution in [0.5, 0.6) is 0 Å². The lowest BCUT2D eigenvalue weighted by atomic mass is 10.4. The van der Waals surface area contributed by atoms with Crippen LogP contribution in [0.2, 0.25) is 0 Å². The smallest absolute Gasteiger partial charge is 0.373 e. The lowest BCUT2D eigenvalue weighted by Crippen LogP contribution is -2.19. The van der Waals surface area contributed by atoms with Crippen LogP contribution in [0.4, 0.5) is 0 Å². The van der Waals surface area contributed by atoms with Crippen LogP contribution < -0.4 is 5.32 Å². The predicted molar refractivity (Wildman–Crippen MR) is 64.4 cm³/mol. The van der Waals surface area contributed by atoms with Crippen LogP contribution in [0.3, 0.4) is 0 Å². The summed E-state index contributed by atoms with van der Waals surface area (Å²) in [5, 5.41) is 3.14. The summed E-state index contributed by atoms with van der Waals surface area (Å²) < 4.78 is 20.0. The quantitative estimate of drug-likeness (QED) is 0.521. The minimum atomic E-state index is -0.468. The maximum atomic E-state index is 11.1. The van der Waals surface area contributed by atoms with E-state index >= 15 is 0 Å². The normalized spacial score (nSPS) is 10.6. The van der Waals surface area contributed by atoms with Crippen molar-refractivity contribution in [3.8, 4) is 0 Å². The number of hydrogen-bond donors (Lipinski definition) is 1.